The summed E-state index contributed by atoms with van der Waals surface area (Å²) >= 11 is 0. The normalized spacial score (nSPS) is 29.9. The molecule has 1 aromatic rings. The molecule has 2 aliphatic carbocycles. The number of aryl methyl sites for hydroxylation is 2. The van der Waals surface area contributed by atoms with E-state index in [9.17, 15) is 9.59 Å². The minimum Gasteiger partial charge on any atom is -0.340 e. The van der Waals surface area contributed by atoms with Crippen LogP contribution in [0.1, 0.15) is 30.4 Å². The average molecular weight is 385 g/mol. The second-order valence-electron chi connectivity index (χ2n) is 8.85. The summed E-state index contributed by atoms with van der Waals surface area (Å²) in [6.07, 6.45) is 3.49. The molecule has 0 aromatic heterocycles. The number of hydrogen-bond donors (Lipinski definition) is 2. The molecule has 6 heteroatoms. The lowest BCUT2D eigenvalue weighted by atomic mass is 9.84. The average Bonchev–Trinajstić information content (AvgIpc) is 3.26. The molecule has 1 saturated heterocycles. The van der Waals surface area contributed by atoms with Crippen LogP contribution in [-0.2, 0) is 9.59 Å². The first kappa shape index (κ1) is 19.4. The molecule has 0 spiro atoms. The quantitative estimate of drug-likeness (QED) is 0.829. The number of hydrogen-bond acceptors (Lipinski definition) is 4. The molecule has 3 aliphatic rings. The third kappa shape index (κ3) is 3.67. The summed E-state index contributed by atoms with van der Waals surface area (Å²) in [7, 11) is 0. The zero-order chi connectivity index (χ0) is 19.8. The standard InChI is InChI=1S/C22H32N4O2/c1-14-4-3-5-15(2)21(14)24-18(27)13-25-8-10-26(11-9-25)22(28)19-16-6-7-17(12-16)20(19)23/h3-5,16-17,19-20H,6-13,23H2,1-2H3,(H,24,27). The second kappa shape index (κ2) is 7.84. The molecule has 3 fully saturated rings. The molecule has 4 unspecified atom stereocenters. The minimum atomic E-state index is 0.00676. The maximum atomic E-state index is 13.0. The number of fused-ring (bicyclic) bond motifs is 2. The van der Waals surface area contributed by atoms with Crippen LogP contribution in [0.3, 0.4) is 0 Å². The third-order valence-electron chi connectivity index (χ3n) is 7.06. The van der Waals surface area contributed by atoms with E-state index in [-0.39, 0.29) is 23.8 Å². The van der Waals surface area contributed by atoms with Gasteiger partial charge in [0.2, 0.25) is 11.8 Å². The van der Waals surface area contributed by atoms with Crippen LogP contribution in [0, 0.1) is 31.6 Å². The number of carbonyl (C=O) groups excluding carboxylic acids is 2. The lowest BCUT2D eigenvalue weighted by Crippen LogP contribution is -2.54. The van der Waals surface area contributed by atoms with Crippen LogP contribution in [0.2, 0.25) is 0 Å². The molecular weight excluding hydrogens is 352 g/mol. The first-order chi connectivity index (χ1) is 13.4. The second-order valence-corrected chi connectivity index (χ2v) is 8.85. The number of piperazine rings is 1. The highest BCUT2D eigenvalue weighted by Gasteiger charge is 2.50. The number of nitrogens with zero attached hydrogens (tertiary/aromatic N) is 2. The fourth-order valence-corrected chi connectivity index (χ4v) is 5.43. The van der Waals surface area contributed by atoms with Gasteiger partial charge in [0.1, 0.15) is 0 Å². The molecule has 4 atom stereocenters. The fraction of sp³-hybridized carbons (Fsp3) is 0.636. The van der Waals surface area contributed by atoms with Gasteiger partial charge in [0.05, 0.1) is 12.5 Å². The van der Waals surface area contributed by atoms with Crippen LogP contribution in [-0.4, -0.2) is 60.4 Å². The minimum absolute atomic E-state index is 0.00676. The van der Waals surface area contributed by atoms with Crippen molar-refractivity contribution in [1.82, 2.24) is 9.80 Å². The van der Waals surface area contributed by atoms with Gasteiger partial charge in [0.25, 0.3) is 0 Å². The maximum Gasteiger partial charge on any atom is 0.238 e. The van der Waals surface area contributed by atoms with Crippen molar-refractivity contribution in [2.24, 2.45) is 23.5 Å². The number of rotatable bonds is 4. The van der Waals surface area contributed by atoms with Crippen LogP contribution in [0.25, 0.3) is 0 Å². The zero-order valence-electron chi connectivity index (χ0n) is 17.0. The summed E-state index contributed by atoms with van der Waals surface area (Å²) in [6, 6.07) is 6.06. The van der Waals surface area contributed by atoms with E-state index >= 15 is 0 Å². The molecule has 2 amide bonds. The number of nitrogens with two attached hydrogens (primary N) is 1. The monoisotopic (exact) mass is 384 g/mol. The van der Waals surface area contributed by atoms with Crippen molar-refractivity contribution in [3.05, 3.63) is 29.3 Å². The molecule has 152 valence electrons. The van der Waals surface area contributed by atoms with Gasteiger partial charge in [0.15, 0.2) is 0 Å². The number of nitrogens with one attached hydrogen (secondary N) is 1. The lowest BCUT2D eigenvalue weighted by molar-refractivity contribution is -0.139. The molecule has 2 bridgehead atoms. The van der Waals surface area contributed by atoms with Crippen molar-refractivity contribution in [3.8, 4) is 0 Å². The highest BCUT2D eigenvalue weighted by Crippen LogP contribution is 2.48. The van der Waals surface area contributed by atoms with E-state index in [1.54, 1.807) is 0 Å². The highest BCUT2D eigenvalue weighted by molar-refractivity contribution is 5.93. The molecule has 0 radical (unpaired) electrons. The Morgan fingerprint density at radius 3 is 2.32 bits per heavy atom. The molecule has 3 N–H and O–H groups in total. The van der Waals surface area contributed by atoms with Crippen molar-refractivity contribution in [2.75, 3.05) is 38.0 Å². The Morgan fingerprint density at radius 1 is 1.07 bits per heavy atom. The Hall–Kier alpha value is -1.92. The van der Waals surface area contributed by atoms with Gasteiger partial charge in [-0.05, 0) is 56.1 Å². The molecular formula is C22H32N4O2. The first-order valence-electron chi connectivity index (χ1n) is 10.6. The molecule has 1 heterocycles. The zero-order valence-corrected chi connectivity index (χ0v) is 17.0. The number of benzene rings is 1. The van der Waals surface area contributed by atoms with Crippen LogP contribution in [0.4, 0.5) is 5.69 Å². The molecule has 2 saturated carbocycles. The lowest BCUT2D eigenvalue weighted by Gasteiger charge is -2.38. The summed E-state index contributed by atoms with van der Waals surface area (Å²) in [5.74, 6) is 1.33. The van der Waals surface area contributed by atoms with Crippen molar-refractivity contribution in [2.45, 2.75) is 39.2 Å². The van der Waals surface area contributed by atoms with E-state index in [0.29, 0.717) is 31.5 Å². The SMILES string of the molecule is Cc1cccc(C)c1NC(=O)CN1CCN(C(=O)C2C3CCC(C3)C2N)CC1. The van der Waals surface area contributed by atoms with Crippen molar-refractivity contribution in [3.63, 3.8) is 0 Å². The summed E-state index contributed by atoms with van der Waals surface area (Å²) in [5, 5.41) is 3.05. The van der Waals surface area contributed by atoms with Crippen molar-refractivity contribution >= 4 is 17.5 Å². The Kier molecular flexibility index (Phi) is 5.43. The van der Waals surface area contributed by atoms with E-state index in [1.807, 2.05) is 36.9 Å². The largest absolute Gasteiger partial charge is 0.340 e. The summed E-state index contributed by atoms with van der Waals surface area (Å²) in [6.45, 7) is 7.24. The Morgan fingerprint density at radius 2 is 1.71 bits per heavy atom. The molecule has 1 aliphatic heterocycles. The van der Waals surface area contributed by atoms with E-state index in [0.717, 1.165) is 42.7 Å². The van der Waals surface area contributed by atoms with Gasteiger partial charge >= 0.3 is 0 Å². The van der Waals surface area contributed by atoms with Gasteiger partial charge in [0, 0.05) is 37.9 Å². The van der Waals surface area contributed by atoms with E-state index < -0.39 is 0 Å². The van der Waals surface area contributed by atoms with E-state index in [4.69, 9.17) is 5.73 Å². The van der Waals surface area contributed by atoms with Crippen LogP contribution >= 0.6 is 0 Å². The van der Waals surface area contributed by atoms with Gasteiger partial charge in [-0.1, -0.05) is 18.2 Å². The molecule has 1 aromatic carbocycles. The fourth-order valence-electron chi connectivity index (χ4n) is 5.43. The van der Waals surface area contributed by atoms with E-state index in [2.05, 4.69) is 10.2 Å². The predicted octanol–water partition coefficient (Wildman–Crippen LogP) is 1.76. The first-order valence-corrected chi connectivity index (χ1v) is 10.6. The van der Waals surface area contributed by atoms with Crippen molar-refractivity contribution < 1.29 is 9.59 Å². The van der Waals surface area contributed by atoms with Crippen LogP contribution < -0.4 is 11.1 Å². The summed E-state index contributed by atoms with van der Waals surface area (Å²) < 4.78 is 0. The van der Waals surface area contributed by atoms with E-state index in [1.165, 1.54) is 6.42 Å². The maximum absolute atomic E-state index is 13.0. The van der Waals surface area contributed by atoms with Crippen molar-refractivity contribution in [1.29, 1.82) is 0 Å². The third-order valence-corrected chi connectivity index (χ3v) is 7.06. The molecule has 28 heavy (non-hydrogen) atoms. The predicted molar refractivity (Wildman–Crippen MR) is 110 cm³/mol. The van der Waals surface area contributed by atoms with Crippen LogP contribution in [0.5, 0.6) is 0 Å². The summed E-state index contributed by atoms with van der Waals surface area (Å²) in [4.78, 5) is 29.6. The number of anilines is 1. The van der Waals surface area contributed by atoms with Gasteiger partial charge < -0.3 is 16.0 Å². The number of carbonyl (C=O) groups is 2. The van der Waals surface area contributed by atoms with Gasteiger partial charge in [-0.3, -0.25) is 14.5 Å². The van der Waals surface area contributed by atoms with Crippen LogP contribution in [0.15, 0.2) is 18.2 Å². The Balaban J connectivity index is 1.27. The molecule has 6 nitrogen and oxygen atoms in total. The van der Waals surface area contributed by atoms with Gasteiger partial charge in [-0.15, -0.1) is 0 Å². The Labute approximate surface area is 167 Å². The van der Waals surface area contributed by atoms with Gasteiger partial charge in [-0.2, -0.15) is 0 Å². The number of para-hydroxylation sites is 1. The highest BCUT2D eigenvalue weighted by atomic mass is 16.2. The Bertz CT molecular complexity index is 735. The summed E-state index contributed by atoms with van der Waals surface area (Å²) in [5.41, 5.74) is 9.41. The topological polar surface area (TPSA) is 78.7 Å². The smallest absolute Gasteiger partial charge is 0.238 e. The molecule has 4 rings (SSSR count). The van der Waals surface area contributed by atoms with Gasteiger partial charge in [-0.25, -0.2) is 0 Å². The number of amides is 2.